The Morgan fingerprint density at radius 2 is 1.45 bits per heavy atom. The number of rotatable bonds is 7. The van der Waals surface area contributed by atoms with Gasteiger partial charge in [-0.1, -0.05) is 48.9 Å². The molecule has 2 aliphatic rings. The van der Waals surface area contributed by atoms with E-state index in [-0.39, 0.29) is 17.9 Å². The van der Waals surface area contributed by atoms with Crippen molar-refractivity contribution in [2.24, 2.45) is 0 Å². The van der Waals surface area contributed by atoms with Crippen molar-refractivity contribution in [1.29, 1.82) is 0 Å². The molecule has 0 radical (unpaired) electrons. The molecule has 1 saturated heterocycles. The van der Waals surface area contributed by atoms with E-state index >= 15 is 0 Å². The largest absolute Gasteiger partial charge is 0.465 e. The van der Waals surface area contributed by atoms with Gasteiger partial charge < -0.3 is 5.11 Å². The first-order valence-corrected chi connectivity index (χ1v) is 10.8. The van der Waals surface area contributed by atoms with Gasteiger partial charge in [0, 0.05) is 26.2 Å². The number of carbonyl (C=O) groups is 3. The molecule has 2 aromatic rings. The highest BCUT2D eigenvalue weighted by Crippen LogP contribution is 2.26. The molecule has 7 heteroatoms. The van der Waals surface area contributed by atoms with Crippen LogP contribution >= 0.6 is 0 Å². The third kappa shape index (κ3) is 4.46. The number of imide groups is 1. The minimum atomic E-state index is -0.880. The molecule has 2 aromatic carbocycles. The summed E-state index contributed by atoms with van der Waals surface area (Å²) in [6.07, 6.45) is 1.73. The lowest BCUT2D eigenvalue weighted by Crippen LogP contribution is -2.50. The number of unbranched alkanes of at least 4 members (excludes halogenated alkanes) is 2. The molecule has 0 aromatic heterocycles. The molecular weight excluding hydrogens is 394 g/mol. The minimum Gasteiger partial charge on any atom is -0.465 e. The maximum absolute atomic E-state index is 12.4. The third-order valence-corrected chi connectivity index (χ3v) is 6.13. The van der Waals surface area contributed by atoms with E-state index in [1.807, 2.05) is 30.3 Å². The number of hydrogen-bond donors (Lipinski definition) is 1. The lowest BCUT2D eigenvalue weighted by atomic mass is 10.0. The van der Waals surface area contributed by atoms with Gasteiger partial charge in [-0.3, -0.25) is 24.3 Å². The maximum atomic E-state index is 12.4. The summed E-state index contributed by atoms with van der Waals surface area (Å²) in [7, 11) is 0. The molecule has 162 valence electrons. The van der Waals surface area contributed by atoms with Gasteiger partial charge in [0.25, 0.3) is 11.8 Å². The van der Waals surface area contributed by atoms with Gasteiger partial charge >= 0.3 is 6.09 Å². The van der Waals surface area contributed by atoms with Crippen molar-refractivity contribution >= 4 is 17.9 Å². The first-order valence-electron chi connectivity index (χ1n) is 10.8. The van der Waals surface area contributed by atoms with Gasteiger partial charge in [-0.15, -0.1) is 0 Å². The molecule has 2 heterocycles. The Kier molecular flexibility index (Phi) is 6.32. The maximum Gasteiger partial charge on any atom is 0.407 e. The fourth-order valence-electron chi connectivity index (χ4n) is 4.46. The Bertz CT molecular complexity index is 927. The summed E-state index contributed by atoms with van der Waals surface area (Å²) in [5.41, 5.74) is 2.01. The number of fused-ring (bicyclic) bond motifs is 1. The van der Waals surface area contributed by atoms with Crippen LogP contribution < -0.4 is 0 Å². The van der Waals surface area contributed by atoms with E-state index in [4.69, 9.17) is 0 Å². The standard InChI is InChI=1S/C24H27N3O4/c28-22-19-11-5-6-12-20(19)23(29)27(22)14-8-2-7-13-25-15-16-26(24(30)31)21(17-25)18-9-3-1-4-10-18/h1,3-6,9-12,21H,2,7-8,13-17H2,(H,30,31). The zero-order chi connectivity index (χ0) is 21.8. The van der Waals surface area contributed by atoms with Crippen molar-refractivity contribution in [3.63, 3.8) is 0 Å². The van der Waals surface area contributed by atoms with Gasteiger partial charge in [0.1, 0.15) is 0 Å². The molecule has 0 spiro atoms. The summed E-state index contributed by atoms with van der Waals surface area (Å²) in [5, 5.41) is 9.56. The van der Waals surface area contributed by atoms with Crippen molar-refractivity contribution in [1.82, 2.24) is 14.7 Å². The second-order valence-electron chi connectivity index (χ2n) is 8.07. The van der Waals surface area contributed by atoms with Gasteiger partial charge in [0.2, 0.25) is 0 Å². The fraction of sp³-hybridized carbons (Fsp3) is 0.375. The van der Waals surface area contributed by atoms with Gasteiger partial charge in [-0.2, -0.15) is 0 Å². The van der Waals surface area contributed by atoms with E-state index in [1.165, 1.54) is 9.80 Å². The van der Waals surface area contributed by atoms with Crippen LogP contribution in [0.1, 0.15) is 51.6 Å². The fourth-order valence-corrected chi connectivity index (χ4v) is 4.46. The molecule has 1 N–H and O–H groups in total. The van der Waals surface area contributed by atoms with Crippen LogP contribution in [0.15, 0.2) is 54.6 Å². The summed E-state index contributed by atoms with van der Waals surface area (Å²) >= 11 is 0. The SMILES string of the molecule is O=C1c2ccccc2C(=O)N1CCCCCN1CCN(C(=O)O)C(c2ccccc2)C1. The number of hydrogen-bond acceptors (Lipinski definition) is 4. The summed E-state index contributed by atoms with van der Waals surface area (Å²) in [5.74, 6) is -0.396. The smallest absolute Gasteiger partial charge is 0.407 e. The van der Waals surface area contributed by atoms with E-state index in [0.717, 1.165) is 31.4 Å². The number of carboxylic acid groups (broad SMARTS) is 1. The molecule has 1 atom stereocenters. The third-order valence-electron chi connectivity index (χ3n) is 6.13. The zero-order valence-corrected chi connectivity index (χ0v) is 17.4. The van der Waals surface area contributed by atoms with Crippen LogP contribution in [-0.4, -0.2) is 70.4 Å². The lowest BCUT2D eigenvalue weighted by molar-refractivity contribution is 0.0630. The highest BCUT2D eigenvalue weighted by molar-refractivity contribution is 6.21. The van der Waals surface area contributed by atoms with Crippen LogP contribution in [0.25, 0.3) is 0 Å². The second-order valence-corrected chi connectivity index (χ2v) is 8.07. The van der Waals surface area contributed by atoms with Crippen molar-refractivity contribution in [2.45, 2.75) is 25.3 Å². The zero-order valence-electron chi connectivity index (χ0n) is 17.4. The molecule has 0 aliphatic carbocycles. The van der Waals surface area contributed by atoms with Crippen molar-refractivity contribution in [3.05, 3.63) is 71.3 Å². The van der Waals surface area contributed by atoms with E-state index < -0.39 is 6.09 Å². The molecule has 1 fully saturated rings. The predicted molar refractivity (Wildman–Crippen MR) is 116 cm³/mol. The van der Waals surface area contributed by atoms with Crippen LogP contribution in [0.5, 0.6) is 0 Å². The van der Waals surface area contributed by atoms with E-state index in [2.05, 4.69) is 4.90 Å². The Labute approximate surface area is 181 Å². The van der Waals surface area contributed by atoms with Crippen LogP contribution in [0.2, 0.25) is 0 Å². The molecule has 0 bridgehead atoms. The van der Waals surface area contributed by atoms with E-state index in [1.54, 1.807) is 24.3 Å². The molecule has 4 rings (SSSR count). The molecule has 3 amide bonds. The summed E-state index contributed by atoms with van der Waals surface area (Å²) in [6, 6.07) is 16.6. The van der Waals surface area contributed by atoms with E-state index in [9.17, 15) is 19.5 Å². The first-order chi connectivity index (χ1) is 15.1. The topological polar surface area (TPSA) is 81.2 Å². The van der Waals surface area contributed by atoms with Gasteiger partial charge in [0.15, 0.2) is 0 Å². The van der Waals surface area contributed by atoms with Crippen molar-refractivity contribution < 1.29 is 19.5 Å². The van der Waals surface area contributed by atoms with E-state index in [0.29, 0.717) is 37.3 Å². The summed E-state index contributed by atoms with van der Waals surface area (Å²) in [6.45, 7) is 3.19. The first kappa shape index (κ1) is 21.1. The number of carbonyl (C=O) groups excluding carboxylic acids is 2. The second kappa shape index (κ2) is 9.31. The Balaban J connectivity index is 1.25. The van der Waals surface area contributed by atoms with Gasteiger partial charge in [0.05, 0.1) is 17.2 Å². The van der Waals surface area contributed by atoms with Crippen LogP contribution in [0.3, 0.4) is 0 Å². The summed E-state index contributed by atoms with van der Waals surface area (Å²) < 4.78 is 0. The van der Waals surface area contributed by atoms with Crippen LogP contribution in [0.4, 0.5) is 4.79 Å². The normalized spacial score (nSPS) is 19.0. The molecular formula is C24H27N3O4. The monoisotopic (exact) mass is 421 g/mol. The molecule has 1 unspecified atom stereocenters. The highest BCUT2D eigenvalue weighted by Gasteiger charge is 2.34. The Hall–Kier alpha value is -3.19. The van der Waals surface area contributed by atoms with Crippen molar-refractivity contribution in [3.8, 4) is 0 Å². The van der Waals surface area contributed by atoms with Crippen molar-refractivity contribution in [2.75, 3.05) is 32.7 Å². The Morgan fingerprint density at radius 3 is 2.10 bits per heavy atom. The number of benzene rings is 2. The van der Waals surface area contributed by atoms with Crippen LogP contribution in [0, 0.1) is 0 Å². The Morgan fingerprint density at radius 1 is 0.839 bits per heavy atom. The molecule has 7 nitrogen and oxygen atoms in total. The summed E-state index contributed by atoms with van der Waals surface area (Å²) in [4.78, 5) is 41.7. The highest BCUT2D eigenvalue weighted by atomic mass is 16.4. The number of amides is 3. The number of piperazine rings is 1. The predicted octanol–water partition coefficient (Wildman–Crippen LogP) is 3.49. The average Bonchev–Trinajstić information content (AvgIpc) is 3.04. The molecule has 31 heavy (non-hydrogen) atoms. The average molecular weight is 421 g/mol. The lowest BCUT2D eigenvalue weighted by Gasteiger charge is -2.40. The minimum absolute atomic E-state index is 0.161. The van der Waals surface area contributed by atoms with Crippen LogP contribution in [-0.2, 0) is 0 Å². The van der Waals surface area contributed by atoms with Gasteiger partial charge in [-0.25, -0.2) is 4.79 Å². The molecule has 2 aliphatic heterocycles. The molecule has 0 saturated carbocycles. The quantitative estimate of drug-likeness (QED) is 0.547. The number of nitrogens with zero attached hydrogens (tertiary/aromatic N) is 3. The van der Waals surface area contributed by atoms with Gasteiger partial charge in [-0.05, 0) is 37.1 Å².